The Morgan fingerprint density at radius 3 is 2.63 bits per heavy atom. The first kappa shape index (κ1) is 18.7. The molecule has 0 spiro atoms. The second kappa shape index (κ2) is 7.75. The van der Waals surface area contributed by atoms with Crippen molar-refractivity contribution in [3.05, 3.63) is 70.3 Å². The summed E-state index contributed by atoms with van der Waals surface area (Å²) in [4.78, 5) is 0. The van der Waals surface area contributed by atoms with E-state index in [4.69, 9.17) is 11.6 Å². The van der Waals surface area contributed by atoms with Crippen LogP contribution in [0.1, 0.15) is 56.1 Å². The normalized spacial score (nSPS) is 24.7. The maximum atomic E-state index is 15.3. The molecule has 2 aromatic carbocycles. The van der Waals surface area contributed by atoms with Crippen LogP contribution < -0.4 is 0 Å². The first-order valence-corrected chi connectivity index (χ1v) is 10.4. The van der Waals surface area contributed by atoms with Crippen LogP contribution >= 0.6 is 11.6 Å². The van der Waals surface area contributed by atoms with Gasteiger partial charge in [-0.05, 0) is 91.2 Å². The van der Waals surface area contributed by atoms with Gasteiger partial charge in [-0.2, -0.15) is 0 Å². The van der Waals surface area contributed by atoms with Crippen molar-refractivity contribution in [2.45, 2.75) is 51.4 Å². The number of hydrogen-bond acceptors (Lipinski definition) is 0. The summed E-state index contributed by atoms with van der Waals surface area (Å²) in [6.45, 7) is 2.16. The van der Waals surface area contributed by atoms with Crippen molar-refractivity contribution >= 4 is 11.6 Å². The molecule has 0 bridgehead atoms. The fraction of sp³-hybridized carbons (Fsp3) is 0.417. The van der Waals surface area contributed by atoms with E-state index in [0.29, 0.717) is 34.8 Å². The third-order valence-electron chi connectivity index (χ3n) is 6.32. The second-order valence-corrected chi connectivity index (χ2v) is 8.37. The maximum absolute atomic E-state index is 15.3. The number of fused-ring (bicyclic) bond motifs is 3. The average molecular weight is 387 g/mol. The van der Waals surface area contributed by atoms with Crippen molar-refractivity contribution in [2.75, 3.05) is 0 Å². The van der Waals surface area contributed by atoms with Crippen molar-refractivity contribution in [3.8, 4) is 11.1 Å². The molecule has 0 heterocycles. The third kappa shape index (κ3) is 3.57. The van der Waals surface area contributed by atoms with Gasteiger partial charge in [-0.1, -0.05) is 42.8 Å². The van der Waals surface area contributed by atoms with Gasteiger partial charge < -0.3 is 0 Å². The Morgan fingerprint density at radius 2 is 1.89 bits per heavy atom. The van der Waals surface area contributed by atoms with E-state index >= 15 is 4.39 Å². The highest BCUT2D eigenvalue weighted by molar-refractivity contribution is 6.30. The molecule has 3 atom stereocenters. The molecule has 1 saturated carbocycles. The molecule has 2 aliphatic rings. The lowest BCUT2D eigenvalue weighted by Crippen LogP contribution is -2.28. The number of benzene rings is 2. The fourth-order valence-electron chi connectivity index (χ4n) is 5.01. The van der Waals surface area contributed by atoms with Crippen LogP contribution in [0.15, 0.2) is 42.5 Å². The zero-order valence-electron chi connectivity index (χ0n) is 15.7. The Bertz CT molecular complexity index is 854. The van der Waals surface area contributed by atoms with E-state index in [-0.39, 0.29) is 11.4 Å². The zero-order chi connectivity index (χ0) is 19.0. The monoisotopic (exact) mass is 386 g/mol. The Kier molecular flexibility index (Phi) is 5.36. The molecular weight excluding hydrogens is 362 g/mol. The van der Waals surface area contributed by atoms with Crippen molar-refractivity contribution < 1.29 is 8.78 Å². The van der Waals surface area contributed by atoms with Gasteiger partial charge in [0.2, 0.25) is 0 Å². The Labute approximate surface area is 165 Å². The Balaban J connectivity index is 1.67. The third-order valence-corrected chi connectivity index (χ3v) is 6.57. The van der Waals surface area contributed by atoms with Gasteiger partial charge in [0, 0.05) is 5.02 Å². The quantitative estimate of drug-likeness (QED) is 0.474. The number of halogens is 3. The van der Waals surface area contributed by atoms with Crippen LogP contribution in [0, 0.1) is 23.5 Å². The van der Waals surface area contributed by atoms with E-state index in [9.17, 15) is 4.39 Å². The number of hydrogen-bond donors (Lipinski definition) is 0. The Hall–Kier alpha value is -1.67. The van der Waals surface area contributed by atoms with Crippen molar-refractivity contribution in [1.29, 1.82) is 0 Å². The van der Waals surface area contributed by atoms with Gasteiger partial charge in [-0.15, -0.1) is 0 Å². The molecule has 3 heteroatoms. The first-order chi connectivity index (χ1) is 13.1. The highest BCUT2D eigenvalue weighted by Crippen LogP contribution is 2.49. The minimum absolute atomic E-state index is 0.0865. The van der Waals surface area contributed by atoms with E-state index in [2.05, 4.69) is 19.1 Å². The molecule has 2 aromatic rings. The molecule has 0 saturated heterocycles. The standard InChI is InChI=1S/C24H25ClF2/c1-2-3-4-15-5-11-19-17(13-15)8-12-20-21(19)14-22(26)23(24(20)27)16-6-9-18(25)10-7-16/h3-4,6-7,9-10,14-15,17,19H,2,5,8,11-13H2,1H3/b4-3+. The average Bonchev–Trinajstić information content (AvgIpc) is 2.67. The predicted octanol–water partition coefficient (Wildman–Crippen LogP) is 7.70. The summed E-state index contributed by atoms with van der Waals surface area (Å²) in [5.41, 5.74) is 2.28. The molecule has 0 radical (unpaired) electrons. The van der Waals surface area contributed by atoms with E-state index in [0.717, 1.165) is 43.2 Å². The Morgan fingerprint density at radius 1 is 1.11 bits per heavy atom. The van der Waals surface area contributed by atoms with Gasteiger partial charge in [0.05, 0.1) is 5.56 Å². The molecule has 0 N–H and O–H groups in total. The van der Waals surface area contributed by atoms with E-state index in [1.165, 1.54) is 0 Å². The van der Waals surface area contributed by atoms with Crippen LogP contribution in [-0.2, 0) is 6.42 Å². The minimum atomic E-state index is -0.456. The molecule has 0 aliphatic heterocycles. The molecule has 3 unspecified atom stereocenters. The molecule has 2 aliphatic carbocycles. The van der Waals surface area contributed by atoms with Crippen LogP contribution in [-0.4, -0.2) is 0 Å². The van der Waals surface area contributed by atoms with Crippen LogP contribution in [0.5, 0.6) is 0 Å². The lowest BCUT2D eigenvalue weighted by Gasteiger charge is -2.40. The lowest BCUT2D eigenvalue weighted by molar-refractivity contribution is 0.234. The molecule has 0 nitrogen and oxygen atoms in total. The largest absolute Gasteiger partial charge is 0.206 e. The van der Waals surface area contributed by atoms with E-state index in [1.54, 1.807) is 30.3 Å². The maximum Gasteiger partial charge on any atom is 0.137 e. The SMILES string of the molecule is CC/C=C/C1CCC2c3cc(F)c(-c4ccc(Cl)cc4)c(F)c3CCC2C1. The van der Waals surface area contributed by atoms with Gasteiger partial charge in [0.15, 0.2) is 0 Å². The van der Waals surface area contributed by atoms with Gasteiger partial charge in [-0.3, -0.25) is 0 Å². The zero-order valence-corrected chi connectivity index (χ0v) is 16.4. The lowest BCUT2D eigenvalue weighted by atomic mass is 9.65. The smallest absolute Gasteiger partial charge is 0.137 e. The van der Waals surface area contributed by atoms with E-state index < -0.39 is 5.82 Å². The molecule has 4 rings (SSSR count). The predicted molar refractivity (Wildman–Crippen MR) is 108 cm³/mol. The first-order valence-electron chi connectivity index (χ1n) is 10.0. The van der Waals surface area contributed by atoms with Gasteiger partial charge in [0.1, 0.15) is 11.6 Å². The summed E-state index contributed by atoms with van der Waals surface area (Å²) >= 11 is 5.92. The summed E-state index contributed by atoms with van der Waals surface area (Å²) in [6.07, 6.45) is 10.6. The van der Waals surface area contributed by atoms with Crippen LogP contribution in [0.25, 0.3) is 11.1 Å². The van der Waals surface area contributed by atoms with E-state index in [1.807, 2.05) is 0 Å². The van der Waals surface area contributed by atoms with Gasteiger partial charge in [0.25, 0.3) is 0 Å². The summed E-state index contributed by atoms with van der Waals surface area (Å²) < 4.78 is 30.3. The number of allylic oxidation sites excluding steroid dienone is 2. The summed E-state index contributed by atoms with van der Waals surface area (Å²) in [6, 6.07) is 8.34. The summed E-state index contributed by atoms with van der Waals surface area (Å²) in [7, 11) is 0. The van der Waals surface area contributed by atoms with Crippen LogP contribution in [0.4, 0.5) is 8.78 Å². The highest BCUT2D eigenvalue weighted by atomic mass is 35.5. The van der Waals surface area contributed by atoms with Gasteiger partial charge in [-0.25, -0.2) is 8.78 Å². The van der Waals surface area contributed by atoms with Crippen molar-refractivity contribution in [2.24, 2.45) is 11.8 Å². The topological polar surface area (TPSA) is 0 Å². The molecule has 0 amide bonds. The fourth-order valence-corrected chi connectivity index (χ4v) is 5.13. The summed E-state index contributed by atoms with van der Waals surface area (Å²) in [5.74, 6) is 0.623. The van der Waals surface area contributed by atoms with Crippen LogP contribution in [0.2, 0.25) is 5.02 Å². The molecule has 142 valence electrons. The van der Waals surface area contributed by atoms with Crippen LogP contribution in [0.3, 0.4) is 0 Å². The molecule has 0 aromatic heterocycles. The molecular formula is C24H25ClF2. The van der Waals surface area contributed by atoms with Gasteiger partial charge >= 0.3 is 0 Å². The highest BCUT2D eigenvalue weighted by Gasteiger charge is 2.37. The molecule has 27 heavy (non-hydrogen) atoms. The van der Waals surface area contributed by atoms with Crippen molar-refractivity contribution in [3.63, 3.8) is 0 Å². The summed E-state index contributed by atoms with van der Waals surface area (Å²) in [5, 5.41) is 0.564. The van der Waals surface area contributed by atoms with Crippen molar-refractivity contribution in [1.82, 2.24) is 0 Å². The second-order valence-electron chi connectivity index (χ2n) is 7.94. The number of rotatable bonds is 3. The molecule has 1 fully saturated rings. The minimum Gasteiger partial charge on any atom is -0.206 e.